The van der Waals surface area contributed by atoms with Crippen molar-refractivity contribution in [3.05, 3.63) is 45.5 Å². The number of hydrogen-bond acceptors (Lipinski definition) is 7. The van der Waals surface area contributed by atoms with E-state index in [9.17, 15) is 14.7 Å². The first kappa shape index (κ1) is 13.6. The Labute approximate surface area is 135 Å². The average Bonchev–Trinajstić information content (AvgIpc) is 3.19. The predicted octanol–water partition coefficient (Wildman–Crippen LogP) is 1.77. The smallest absolute Gasteiger partial charge is 0.347 e. The van der Waals surface area contributed by atoms with Gasteiger partial charge in [-0.3, -0.25) is 4.79 Å². The molecule has 0 amide bonds. The zero-order valence-corrected chi connectivity index (χ0v) is 12.6. The molecule has 3 aliphatic rings. The molecule has 3 heterocycles. The molecule has 0 spiro atoms. The molecule has 3 atom stereocenters. The lowest BCUT2D eigenvalue weighted by Gasteiger charge is -2.14. The van der Waals surface area contributed by atoms with Crippen molar-refractivity contribution in [1.29, 1.82) is 0 Å². The molecule has 0 unspecified atom stereocenters. The minimum absolute atomic E-state index is 0.0954. The molecule has 122 valence electrons. The van der Waals surface area contributed by atoms with Gasteiger partial charge in [0.05, 0.1) is 36.3 Å². The Hall–Kier alpha value is -2.80. The quantitative estimate of drug-likeness (QED) is 0.797. The van der Waals surface area contributed by atoms with E-state index >= 15 is 0 Å². The number of aliphatic hydroxyl groups is 1. The van der Waals surface area contributed by atoms with E-state index in [1.54, 1.807) is 6.07 Å². The van der Waals surface area contributed by atoms with Gasteiger partial charge in [-0.15, -0.1) is 0 Å². The summed E-state index contributed by atoms with van der Waals surface area (Å²) in [6.45, 7) is 0. The van der Waals surface area contributed by atoms with Gasteiger partial charge in [-0.05, 0) is 6.08 Å². The number of methoxy groups -OCH3 is 1. The molecule has 0 saturated heterocycles. The molecule has 2 aliphatic heterocycles. The molecule has 2 aromatic rings. The first-order valence-electron chi connectivity index (χ1n) is 7.51. The molecule has 1 aliphatic carbocycles. The van der Waals surface area contributed by atoms with Gasteiger partial charge >= 0.3 is 5.63 Å². The molecule has 1 aromatic carbocycles. The highest BCUT2D eigenvalue weighted by Gasteiger charge is 2.43. The predicted molar refractivity (Wildman–Crippen MR) is 80.3 cm³/mol. The van der Waals surface area contributed by atoms with Crippen LogP contribution in [0, 0.1) is 0 Å². The van der Waals surface area contributed by atoms with Crippen molar-refractivity contribution in [1.82, 2.24) is 0 Å². The van der Waals surface area contributed by atoms with E-state index in [1.165, 1.54) is 13.4 Å². The third kappa shape index (κ3) is 1.50. The molecule has 0 saturated carbocycles. The number of ketones is 1. The standard InChI is InChI=1S/C17H12O7/c1-21-9-5-10-11(6-2-3-22-17(6)23-10)15-14(9)12-7(18)4-8(19)13(12)16(20)24-15/h2-3,5-7,17-18H,4H2,1H3/t6-,7-,17+/m0/s1. The summed E-state index contributed by atoms with van der Waals surface area (Å²) in [6.07, 6.45) is 1.65. The Balaban J connectivity index is 1.96. The number of carbonyl (C=O) groups is 1. The summed E-state index contributed by atoms with van der Waals surface area (Å²) >= 11 is 0. The molecular weight excluding hydrogens is 316 g/mol. The van der Waals surface area contributed by atoms with Crippen LogP contribution in [0.25, 0.3) is 11.0 Å². The monoisotopic (exact) mass is 328 g/mol. The molecule has 0 radical (unpaired) electrons. The van der Waals surface area contributed by atoms with Crippen LogP contribution in [0.2, 0.25) is 0 Å². The lowest BCUT2D eigenvalue weighted by atomic mass is 9.95. The van der Waals surface area contributed by atoms with Crippen LogP contribution in [0.15, 0.2) is 27.6 Å². The average molecular weight is 328 g/mol. The van der Waals surface area contributed by atoms with E-state index in [1.807, 2.05) is 6.08 Å². The van der Waals surface area contributed by atoms with E-state index < -0.39 is 23.8 Å². The van der Waals surface area contributed by atoms with E-state index in [4.69, 9.17) is 18.6 Å². The normalized spacial score (nSPS) is 26.1. The van der Waals surface area contributed by atoms with Crippen molar-refractivity contribution in [3.63, 3.8) is 0 Å². The molecule has 0 fully saturated rings. The van der Waals surface area contributed by atoms with E-state index in [0.717, 1.165) is 0 Å². The van der Waals surface area contributed by atoms with Crippen LogP contribution < -0.4 is 15.1 Å². The van der Waals surface area contributed by atoms with Gasteiger partial charge in [-0.2, -0.15) is 0 Å². The summed E-state index contributed by atoms with van der Waals surface area (Å²) in [5, 5.41) is 10.7. The zero-order valence-electron chi connectivity index (χ0n) is 12.6. The van der Waals surface area contributed by atoms with E-state index in [-0.39, 0.29) is 29.0 Å². The van der Waals surface area contributed by atoms with Gasteiger partial charge in [0.2, 0.25) is 0 Å². The second-order valence-electron chi connectivity index (χ2n) is 5.99. The maximum absolute atomic E-state index is 12.3. The largest absolute Gasteiger partial charge is 0.496 e. The molecule has 0 bridgehead atoms. The fraction of sp³-hybridized carbons (Fsp3) is 0.294. The number of benzene rings is 1. The maximum atomic E-state index is 12.3. The molecule has 7 nitrogen and oxygen atoms in total. The Morgan fingerprint density at radius 2 is 2.12 bits per heavy atom. The van der Waals surface area contributed by atoms with Gasteiger partial charge in [0, 0.05) is 18.1 Å². The van der Waals surface area contributed by atoms with Gasteiger partial charge in [-0.25, -0.2) is 4.79 Å². The van der Waals surface area contributed by atoms with Gasteiger partial charge in [0.25, 0.3) is 6.29 Å². The van der Waals surface area contributed by atoms with Crippen molar-refractivity contribution in [2.75, 3.05) is 7.11 Å². The van der Waals surface area contributed by atoms with Crippen LogP contribution in [-0.4, -0.2) is 24.3 Å². The number of aliphatic hydroxyl groups excluding tert-OH is 1. The van der Waals surface area contributed by atoms with Crippen molar-refractivity contribution < 1.29 is 28.5 Å². The Kier molecular flexibility index (Phi) is 2.49. The molecule has 1 aromatic heterocycles. The Bertz CT molecular complexity index is 1000. The van der Waals surface area contributed by atoms with E-state index in [0.29, 0.717) is 22.4 Å². The molecule has 7 heteroatoms. The lowest BCUT2D eigenvalue weighted by Crippen LogP contribution is -2.15. The fourth-order valence-electron chi connectivity index (χ4n) is 3.76. The highest BCUT2D eigenvalue weighted by atomic mass is 16.7. The Morgan fingerprint density at radius 1 is 1.29 bits per heavy atom. The summed E-state index contributed by atoms with van der Waals surface area (Å²) in [5.41, 5.74) is 0.362. The van der Waals surface area contributed by atoms with Crippen LogP contribution in [0.4, 0.5) is 0 Å². The van der Waals surface area contributed by atoms with Gasteiger partial charge < -0.3 is 23.7 Å². The lowest BCUT2D eigenvalue weighted by molar-refractivity contribution is -0.00485. The summed E-state index contributed by atoms with van der Waals surface area (Å²) < 4.78 is 22.0. The van der Waals surface area contributed by atoms with Crippen molar-refractivity contribution in [2.45, 2.75) is 24.7 Å². The molecular formula is C17H12O7. The maximum Gasteiger partial charge on any atom is 0.347 e. The summed E-state index contributed by atoms with van der Waals surface area (Å²) in [6, 6.07) is 1.67. The first-order valence-corrected chi connectivity index (χ1v) is 7.51. The summed E-state index contributed by atoms with van der Waals surface area (Å²) in [5.74, 6) is 0.236. The summed E-state index contributed by atoms with van der Waals surface area (Å²) in [7, 11) is 1.47. The van der Waals surface area contributed by atoms with Gasteiger partial charge in [0.1, 0.15) is 22.6 Å². The third-order valence-electron chi connectivity index (χ3n) is 4.76. The number of ether oxygens (including phenoxy) is 3. The SMILES string of the molecule is COc1cc2c(c3oc(=O)c4c(c13)[C@@H](O)CC4=O)[C@@H]1C=CO[C@@H]1O2. The first-order chi connectivity index (χ1) is 11.6. The minimum Gasteiger partial charge on any atom is -0.496 e. The zero-order chi connectivity index (χ0) is 16.6. The van der Waals surface area contributed by atoms with E-state index in [2.05, 4.69) is 0 Å². The Morgan fingerprint density at radius 3 is 2.92 bits per heavy atom. The molecule has 24 heavy (non-hydrogen) atoms. The number of rotatable bonds is 1. The second-order valence-corrected chi connectivity index (χ2v) is 5.99. The van der Waals surface area contributed by atoms with Crippen LogP contribution in [0.5, 0.6) is 11.5 Å². The third-order valence-corrected chi connectivity index (χ3v) is 4.76. The fourth-order valence-corrected chi connectivity index (χ4v) is 3.76. The number of hydrogen-bond donors (Lipinski definition) is 1. The highest BCUT2D eigenvalue weighted by Crippen LogP contribution is 2.51. The number of Topliss-reactive ketones (excluding diaryl/α,β-unsaturated/α-hetero) is 1. The van der Waals surface area contributed by atoms with Crippen molar-refractivity contribution >= 4 is 16.8 Å². The van der Waals surface area contributed by atoms with Crippen molar-refractivity contribution in [2.24, 2.45) is 0 Å². The van der Waals surface area contributed by atoms with Crippen LogP contribution >= 0.6 is 0 Å². The molecule has 5 rings (SSSR count). The van der Waals surface area contributed by atoms with Crippen LogP contribution in [0.3, 0.4) is 0 Å². The topological polar surface area (TPSA) is 95.2 Å². The summed E-state index contributed by atoms with van der Waals surface area (Å²) in [4.78, 5) is 24.4. The van der Waals surface area contributed by atoms with Gasteiger partial charge in [0.15, 0.2) is 5.78 Å². The highest BCUT2D eigenvalue weighted by molar-refractivity contribution is 6.07. The van der Waals surface area contributed by atoms with Crippen LogP contribution in [0.1, 0.15) is 39.9 Å². The molecule has 1 N–H and O–H groups in total. The minimum atomic E-state index is -1.06. The number of fused-ring (bicyclic) bond motifs is 7. The second kappa shape index (κ2) is 4.39. The number of carbonyl (C=O) groups excluding carboxylic acids is 1. The van der Waals surface area contributed by atoms with Crippen LogP contribution in [-0.2, 0) is 4.74 Å². The van der Waals surface area contributed by atoms with Gasteiger partial charge in [-0.1, -0.05) is 0 Å². The van der Waals surface area contributed by atoms with Crippen molar-refractivity contribution in [3.8, 4) is 11.5 Å².